The van der Waals surface area contributed by atoms with Crippen molar-refractivity contribution in [1.29, 1.82) is 0 Å². The zero-order chi connectivity index (χ0) is 14.0. The molecule has 19 heavy (non-hydrogen) atoms. The van der Waals surface area contributed by atoms with Crippen molar-refractivity contribution in [3.05, 3.63) is 52.1 Å². The summed E-state index contributed by atoms with van der Waals surface area (Å²) in [5.41, 5.74) is 2.44. The summed E-state index contributed by atoms with van der Waals surface area (Å²) in [6.07, 6.45) is 0. The van der Waals surface area contributed by atoms with Crippen molar-refractivity contribution in [2.24, 2.45) is 0 Å². The van der Waals surface area contributed by atoms with Crippen LogP contribution in [0.2, 0.25) is 5.02 Å². The lowest BCUT2D eigenvalue weighted by molar-refractivity contribution is 0.532. The van der Waals surface area contributed by atoms with Gasteiger partial charge < -0.3 is 5.32 Å². The minimum atomic E-state index is -0.312. The Labute approximate surface area is 117 Å². The van der Waals surface area contributed by atoms with Crippen molar-refractivity contribution < 1.29 is 4.39 Å². The lowest BCUT2D eigenvalue weighted by Gasteiger charge is -2.18. The molecule has 3 nitrogen and oxygen atoms in total. The first-order valence-corrected chi connectivity index (χ1v) is 6.61. The highest BCUT2D eigenvalue weighted by molar-refractivity contribution is 6.30. The minimum absolute atomic E-state index is 0.238. The van der Waals surface area contributed by atoms with E-state index in [2.05, 4.69) is 10.4 Å². The fourth-order valence-corrected chi connectivity index (χ4v) is 2.41. The summed E-state index contributed by atoms with van der Waals surface area (Å²) >= 11 is 5.80. The Morgan fingerprint density at radius 2 is 2.16 bits per heavy atom. The van der Waals surface area contributed by atoms with Gasteiger partial charge in [0.2, 0.25) is 0 Å². The largest absolute Gasteiger partial charge is 0.308 e. The van der Waals surface area contributed by atoms with Crippen LogP contribution in [-0.4, -0.2) is 16.8 Å². The van der Waals surface area contributed by atoms with Crippen molar-refractivity contribution in [1.82, 2.24) is 15.1 Å². The highest BCUT2D eigenvalue weighted by Crippen LogP contribution is 2.26. The predicted molar refractivity (Wildman–Crippen MR) is 75.0 cm³/mol. The molecule has 0 fully saturated rings. The van der Waals surface area contributed by atoms with Gasteiger partial charge in [0.05, 0.1) is 17.4 Å². The number of aryl methyl sites for hydroxylation is 2. The van der Waals surface area contributed by atoms with Gasteiger partial charge in [-0.2, -0.15) is 5.10 Å². The molecule has 0 aliphatic heterocycles. The molecule has 0 amide bonds. The topological polar surface area (TPSA) is 29.9 Å². The van der Waals surface area contributed by atoms with E-state index in [0.717, 1.165) is 17.9 Å². The van der Waals surface area contributed by atoms with Gasteiger partial charge in [0, 0.05) is 17.1 Å². The molecule has 1 N–H and O–H groups in total. The van der Waals surface area contributed by atoms with E-state index in [-0.39, 0.29) is 11.9 Å². The Bertz CT molecular complexity index is 580. The Balaban J connectivity index is 2.49. The molecule has 0 radical (unpaired) electrons. The molecule has 2 aromatic rings. The third-order valence-electron chi connectivity index (χ3n) is 3.09. The number of hydrogen-bond donors (Lipinski definition) is 1. The van der Waals surface area contributed by atoms with E-state index in [9.17, 15) is 4.39 Å². The molecule has 1 atom stereocenters. The maximum Gasteiger partial charge on any atom is 0.129 e. The Kier molecular flexibility index (Phi) is 4.22. The molecular weight excluding hydrogens is 265 g/mol. The minimum Gasteiger partial charge on any atom is -0.308 e. The van der Waals surface area contributed by atoms with Crippen LogP contribution in [0.1, 0.15) is 29.9 Å². The first-order valence-electron chi connectivity index (χ1n) is 6.23. The number of halogens is 2. The second kappa shape index (κ2) is 5.72. The molecule has 0 saturated heterocycles. The second-order valence-electron chi connectivity index (χ2n) is 4.41. The van der Waals surface area contributed by atoms with Crippen LogP contribution in [0.5, 0.6) is 0 Å². The monoisotopic (exact) mass is 281 g/mol. The number of nitrogens with zero attached hydrogens (tertiary/aromatic N) is 2. The molecule has 102 valence electrons. The number of aromatic nitrogens is 2. The Hall–Kier alpha value is -1.39. The third-order valence-corrected chi connectivity index (χ3v) is 3.33. The van der Waals surface area contributed by atoms with Crippen molar-refractivity contribution in [3.63, 3.8) is 0 Å². The number of rotatable bonds is 4. The van der Waals surface area contributed by atoms with E-state index >= 15 is 0 Å². The van der Waals surface area contributed by atoms with Crippen LogP contribution in [0.3, 0.4) is 0 Å². The van der Waals surface area contributed by atoms with Gasteiger partial charge >= 0.3 is 0 Å². The zero-order valence-corrected chi connectivity index (χ0v) is 12.0. The maximum atomic E-state index is 14.1. The van der Waals surface area contributed by atoms with E-state index in [1.54, 1.807) is 19.2 Å². The summed E-state index contributed by atoms with van der Waals surface area (Å²) in [5.74, 6) is -0.312. The number of benzene rings is 1. The van der Waals surface area contributed by atoms with Crippen molar-refractivity contribution in [3.8, 4) is 0 Å². The van der Waals surface area contributed by atoms with Crippen LogP contribution in [-0.2, 0) is 6.54 Å². The van der Waals surface area contributed by atoms with Crippen molar-refractivity contribution >= 4 is 11.6 Å². The van der Waals surface area contributed by atoms with Crippen molar-refractivity contribution in [2.45, 2.75) is 26.4 Å². The first-order chi connectivity index (χ1) is 9.06. The van der Waals surface area contributed by atoms with E-state index in [1.807, 2.05) is 24.6 Å². The average Bonchev–Trinajstić information content (AvgIpc) is 2.74. The summed E-state index contributed by atoms with van der Waals surface area (Å²) in [6.45, 7) is 4.69. The molecule has 0 bridgehead atoms. The molecule has 1 aromatic heterocycles. The molecule has 5 heteroatoms. The van der Waals surface area contributed by atoms with Crippen LogP contribution in [0.15, 0.2) is 24.3 Å². The van der Waals surface area contributed by atoms with Crippen LogP contribution in [0, 0.1) is 12.7 Å². The second-order valence-corrected chi connectivity index (χ2v) is 4.85. The molecule has 0 aliphatic rings. The van der Waals surface area contributed by atoms with Gasteiger partial charge in [0.25, 0.3) is 0 Å². The fraction of sp³-hybridized carbons (Fsp3) is 0.357. The van der Waals surface area contributed by atoms with Gasteiger partial charge in [-0.15, -0.1) is 0 Å². The lowest BCUT2D eigenvalue weighted by Crippen LogP contribution is -2.22. The predicted octanol–water partition coefficient (Wildman–Crippen LogP) is 3.31. The normalized spacial score (nSPS) is 12.7. The highest BCUT2D eigenvalue weighted by Gasteiger charge is 2.20. The third kappa shape index (κ3) is 2.80. The smallest absolute Gasteiger partial charge is 0.129 e. The van der Waals surface area contributed by atoms with Crippen LogP contribution >= 0.6 is 11.6 Å². The molecule has 0 aliphatic carbocycles. The molecule has 1 unspecified atom stereocenters. The first kappa shape index (κ1) is 14.0. The van der Waals surface area contributed by atoms with Gasteiger partial charge in [0.15, 0.2) is 0 Å². The summed E-state index contributed by atoms with van der Waals surface area (Å²) in [5, 5.41) is 7.94. The van der Waals surface area contributed by atoms with E-state index in [0.29, 0.717) is 10.6 Å². The Morgan fingerprint density at radius 3 is 2.74 bits per heavy atom. The quantitative estimate of drug-likeness (QED) is 0.932. The lowest BCUT2D eigenvalue weighted by atomic mass is 10.0. The van der Waals surface area contributed by atoms with Gasteiger partial charge in [-0.05, 0) is 39.1 Å². The van der Waals surface area contributed by atoms with Gasteiger partial charge in [-0.1, -0.05) is 17.7 Å². The molecule has 0 saturated carbocycles. The molecule has 1 aromatic carbocycles. The number of nitrogens with one attached hydrogen (secondary N) is 1. The average molecular weight is 282 g/mol. The zero-order valence-electron chi connectivity index (χ0n) is 11.2. The van der Waals surface area contributed by atoms with Gasteiger partial charge in [-0.3, -0.25) is 4.68 Å². The summed E-state index contributed by atoms with van der Waals surface area (Å²) < 4.78 is 15.9. The van der Waals surface area contributed by atoms with E-state index < -0.39 is 0 Å². The summed E-state index contributed by atoms with van der Waals surface area (Å²) in [4.78, 5) is 0. The number of hydrogen-bond acceptors (Lipinski definition) is 2. The van der Waals surface area contributed by atoms with E-state index in [1.165, 1.54) is 6.07 Å². The Morgan fingerprint density at radius 1 is 1.42 bits per heavy atom. The van der Waals surface area contributed by atoms with E-state index in [4.69, 9.17) is 11.6 Å². The van der Waals surface area contributed by atoms with Crippen LogP contribution < -0.4 is 5.32 Å². The van der Waals surface area contributed by atoms with Gasteiger partial charge in [0.1, 0.15) is 5.82 Å². The summed E-state index contributed by atoms with van der Waals surface area (Å²) in [6, 6.07) is 6.48. The van der Waals surface area contributed by atoms with Gasteiger partial charge in [-0.25, -0.2) is 4.39 Å². The molecule has 2 rings (SSSR count). The van der Waals surface area contributed by atoms with Crippen LogP contribution in [0.25, 0.3) is 0 Å². The molecule has 1 heterocycles. The van der Waals surface area contributed by atoms with Crippen LogP contribution in [0.4, 0.5) is 4.39 Å². The highest BCUT2D eigenvalue weighted by atomic mass is 35.5. The fourth-order valence-electron chi connectivity index (χ4n) is 2.25. The SMILES string of the molecule is CCn1nc(C)cc1C(NC)c1ccc(Cl)cc1F. The standard InChI is InChI=1S/C14H17ClFN3/c1-4-19-13(7-9(2)18-19)14(17-3)11-6-5-10(15)8-12(11)16/h5-8,14,17H,4H2,1-3H3. The van der Waals surface area contributed by atoms with Crippen molar-refractivity contribution in [2.75, 3.05) is 7.05 Å². The summed E-state index contributed by atoms with van der Waals surface area (Å²) in [7, 11) is 1.81. The molecule has 0 spiro atoms. The molecular formula is C14H17ClFN3. The maximum absolute atomic E-state index is 14.1.